The molecule has 2 aromatic rings. The Bertz CT molecular complexity index is 623. The van der Waals surface area contributed by atoms with Gasteiger partial charge in [-0.05, 0) is 47.9 Å². The molecule has 0 saturated carbocycles. The molecule has 0 spiro atoms. The Morgan fingerprint density at radius 3 is 2.40 bits per heavy atom. The van der Waals surface area contributed by atoms with Crippen molar-refractivity contribution >= 4 is 17.6 Å². The highest BCUT2D eigenvalue weighted by molar-refractivity contribution is 6.30. The SMILES string of the molecule is COC(=O)[C@H](C)c1cc(F)cc(-c2ccc(Cl)cc2)c1. The van der Waals surface area contributed by atoms with E-state index in [2.05, 4.69) is 4.74 Å². The van der Waals surface area contributed by atoms with E-state index in [0.29, 0.717) is 16.1 Å². The van der Waals surface area contributed by atoms with Crippen molar-refractivity contribution in [3.8, 4) is 11.1 Å². The molecule has 0 heterocycles. The Morgan fingerprint density at radius 2 is 1.80 bits per heavy atom. The van der Waals surface area contributed by atoms with E-state index in [-0.39, 0.29) is 5.82 Å². The first-order chi connectivity index (χ1) is 9.51. The first kappa shape index (κ1) is 14.5. The van der Waals surface area contributed by atoms with Gasteiger partial charge in [0.2, 0.25) is 0 Å². The summed E-state index contributed by atoms with van der Waals surface area (Å²) in [7, 11) is 1.32. The number of methoxy groups -OCH3 is 1. The molecule has 104 valence electrons. The van der Waals surface area contributed by atoms with E-state index in [1.54, 1.807) is 25.1 Å². The highest BCUT2D eigenvalue weighted by Crippen LogP contribution is 2.27. The van der Waals surface area contributed by atoms with E-state index in [9.17, 15) is 9.18 Å². The third-order valence-corrected chi connectivity index (χ3v) is 3.40. The van der Waals surface area contributed by atoms with Gasteiger partial charge in [0.05, 0.1) is 13.0 Å². The molecule has 20 heavy (non-hydrogen) atoms. The molecular formula is C16H14ClFO2. The standard InChI is InChI=1S/C16H14ClFO2/c1-10(16(19)20-2)12-7-13(9-15(18)8-12)11-3-5-14(17)6-4-11/h3-10H,1-2H3/t10-/m1/s1. The average Bonchev–Trinajstić information content (AvgIpc) is 2.45. The van der Waals surface area contributed by atoms with Gasteiger partial charge in [-0.3, -0.25) is 4.79 Å². The summed E-state index contributed by atoms with van der Waals surface area (Å²) in [5.74, 6) is -1.29. The Labute approximate surface area is 122 Å². The van der Waals surface area contributed by atoms with E-state index < -0.39 is 11.9 Å². The first-order valence-corrected chi connectivity index (χ1v) is 6.53. The fourth-order valence-corrected chi connectivity index (χ4v) is 2.11. The van der Waals surface area contributed by atoms with Crippen LogP contribution in [0.2, 0.25) is 5.02 Å². The second kappa shape index (κ2) is 6.06. The zero-order chi connectivity index (χ0) is 14.7. The van der Waals surface area contributed by atoms with Gasteiger partial charge in [-0.25, -0.2) is 4.39 Å². The van der Waals surface area contributed by atoms with Gasteiger partial charge in [-0.1, -0.05) is 29.8 Å². The fourth-order valence-electron chi connectivity index (χ4n) is 1.98. The van der Waals surface area contributed by atoms with E-state index in [1.807, 2.05) is 12.1 Å². The molecule has 2 rings (SSSR count). The summed E-state index contributed by atoms with van der Waals surface area (Å²) in [6.07, 6.45) is 0. The van der Waals surface area contributed by atoms with E-state index in [1.165, 1.54) is 19.2 Å². The molecule has 0 aromatic heterocycles. The van der Waals surface area contributed by atoms with Crippen LogP contribution in [0.15, 0.2) is 42.5 Å². The van der Waals surface area contributed by atoms with Gasteiger partial charge in [0.1, 0.15) is 5.82 Å². The largest absolute Gasteiger partial charge is 0.469 e. The summed E-state index contributed by atoms with van der Waals surface area (Å²) >= 11 is 5.84. The van der Waals surface area contributed by atoms with Gasteiger partial charge in [0.25, 0.3) is 0 Å². The number of benzene rings is 2. The number of hydrogen-bond donors (Lipinski definition) is 0. The summed E-state index contributed by atoms with van der Waals surface area (Å²) in [5, 5.41) is 0.619. The van der Waals surface area contributed by atoms with Crippen molar-refractivity contribution in [1.29, 1.82) is 0 Å². The predicted molar refractivity (Wildman–Crippen MR) is 77.3 cm³/mol. The molecular weight excluding hydrogens is 279 g/mol. The van der Waals surface area contributed by atoms with Crippen molar-refractivity contribution in [2.75, 3.05) is 7.11 Å². The minimum absolute atomic E-state index is 0.386. The minimum Gasteiger partial charge on any atom is -0.469 e. The fraction of sp³-hybridized carbons (Fsp3) is 0.188. The number of halogens is 2. The maximum Gasteiger partial charge on any atom is 0.312 e. The van der Waals surface area contributed by atoms with Crippen LogP contribution in [-0.4, -0.2) is 13.1 Å². The lowest BCUT2D eigenvalue weighted by atomic mass is 9.96. The molecule has 0 aliphatic rings. The zero-order valence-corrected chi connectivity index (χ0v) is 11.9. The molecule has 0 saturated heterocycles. The predicted octanol–water partition coefficient (Wildman–Crippen LogP) is 4.42. The summed E-state index contributed by atoms with van der Waals surface area (Å²) in [6.45, 7) is 1.69. The first-order valence-electron chi connectivity index (χ1n) is 6.15. The number of carbonyl (C=O) groups is 1. The zero-order valence-electron chi connectivity index (χ0n) is 11.2. The Morgan fingerprint density at radius 1 is 1.15 bits per heavy atom. The molecule has 0 unspecified atom stereocenters. The monoisotopic (exact) mass is 292 g/mol. The quantitative estimate of drug-likeness (QED) is 0.783. The molecule has 0 radical (unpaired) electrons. The van der Waals surface area contributed by atoms with Crippen LogP contribution in [0.3, 0.4) is 0 Å². The molecule has 2 aromatic carbocycles. The second-order valence-corrected chi connectivity index (χ2v) is 4.96. The van der Waals surface area contributed by atoms with Crippen molar-refractivity contribution in [1.82, 2.24) is 0 Å². The number of carbonyl (C=O) groups excluding carboxylic acids is 1. The maximum absolute atomic E-state index is 13.7. The van der Waals surface area contributed by atoms with Gasteiger partial charge < -0.3 is 4.74 Å². The van der Waals surface area contributed by atoms with Crippen LogP contribution >= 0.6 is 11.6 Å². The topological polar surface area (TPSA) is 26.3 Å². The average molecular weight is 293 g/mol. The third kappa shape index (κ3) is 3.17. The molecule has 0 fully saturated rings. The molecule has 0 bridgehead atoms. The highest BCUT2D eigenvalue weighted by atomic mass is 35.5. The van der Waals surface area contributed by atoms with Crippen LogP contribution in [-0.2, 0) is 9.53 Å². The number of hydrogen-bond acceptors (Lipinski definition) is 2. The Hall–Kier alpha value is -1.87. The lowest BCUT2D eigenvalue weighted by Crippen LogP contribution is -2.11. The maximum atomic E-state index is 13.7. The second-order valence-electron chi connectivity index (χ2n) is 4.52. The molecule has 0 aliphatic heterocycles. The van der Waals surface area contributed by atoms with Crippen LogP contribution in [0.4, 0.5) is 4.39 Å². The summed E-state index contributed by atoms with van der Waals surface area (Å²) in [4.78, 5) is 11.6. The third-order valence-electron chi connectivity index (χ3n) is 3.15. The molecule has 0 N–H and O–H groups in total. The minimum atomic E-state index is -0.512. The van der Waals surface area contributed by atoms with Crippen molar-refractivity contribution < 1.29 is 13.9 Å². The van der Waals surface area contributed by atoms with Gasteiger partial charge in [0.15, 0.2) is 0 Å². The highest BCUT2D eigenvalue weighted by Gasteiger charge is 2.17. The van der Waals surface area contributed by atoms with Crippen molar-refractivity contribution in [3.05, 3.63) is 58.9 Å². The molecule has 4 heteroatoms. The summed E-state index contributed by atoms with van der Waals surface area (Å²) < 4.78 is 18.4. The molecule has 0 amide bonds. The molecule has 0 aliphatic carbocycles. The number of esters is 1. The van der Waals surface area contributed by atoms with Crippen molar-refractivity contribution in [3.63, 3.8) is 0 Å². The van der Waals surface area contributed by atoms with E-state index in [0.717, 1.165) is 5.56 Å². The number of ether oxygens (including phenoxy) is 1. The van der Waals surface area contributed by atoms with Crippen LogP contribution in [0.25, 0.3) is 11.1 Å². The smallest absolute Gasteiger partial charge is 0.312 e. The van der Waals surface area contributed by atoms with Gasteiger partial charge >= 0.3 is 5.97 Å². The lowest BCUT2D eigenvalue weighted by Gasteiger charge is -2.12. The molecule has 1 atom stereocenters. The van der Waals surface area contributed by atoms with Crippen molar-refractivity contribution in [2.24, 2.45) is 0 Å². The lowest BCUT2D eigenvalue weighted by molar-refractivity contribution is -0.141. The van der Waals surface area contributed by atoms with Crippen LogP contribution < -0.4 is 0 Å². The van der Waals surface area contributed by atoms with Crippen LogP contribution in [0.5, 0.6) is 0 Å². The van der Waals surface area contributed by atoms with Gasteiger partial charge in [-0.2, -0.15) is 0 Å². The van der Waals surface area contributed by atoms with Gasteiger partial charge in [0, 0.05) is 5.02 Å². The van der Waals surface area contributed by atoms with Crippen LogP contribution in [0.1, 0.15) is 18.4 Å². The summed E-state index contributed by atoms with van der Waals surface area (Å²) in [6, 6.07) is 11.7. The van der Waals surface area contributed by atoms with E-state index >= 15 is 0 Å². The van der Waals surface area contributed by atoms with Crippen molar-refractivity contribution in [2.45, 2.75) is 12.8 Å². The number of rotatable bonds is 3. The molecule has 2 nitrogen and oxygen atoms in total. The Balaban J connectivity index is 2.43. The Kier molecular flexibility index (Phi) is 4.40. The van der Waals surface area contributed by atoms with E-state index in [4.69, 9.17) is 11.6 Å². The van der Waals surface area contributed by atoms with Crippen LogP contribution in [0, 0.1) is 5.82 Å². The normalized spacial score (nSPS) is 12.0. The van der Waals surface area contributed by atoms with Gasteiger partial charge in [-0.15, -0.1) is 0 Å². The summed E-state index contributed by atoms with van der Waals surface area (Å²) in [5.41, 5.74) is 2.13.